The number of aryl methyl sites for hydroxylation is 1. The SMILES string of the molecule is [2H]c1c(C(C)(C)C)c(F)c([2H])[n+](C)c1-c1c(C)ccc2c1oc1c(-c3ccc(-c4ccccc4)cc3)cc(C#N)cc12. The molecule has 0 saturated carbocycles. The lowest BCUT2D eigenvalue weighted by Crippen LogP contribution is -2.33. The molecule has 0 aliphatic carbocycles. The minimum atomic E-state index is -0.687. The van der Waals surface area contributed by atoms with E-state index in [-0.39, 0.29) is 17.8 Å². The average Bonchev–Trinajstić information content (AvgIpc) is 3.35. The number of pyridine rings is 1. The molecule has 4 heteroatoms. The molecule has 2 aromatic heterocycles. The highest BCUT2D eigenvalue weighted by molar-refractivity contribution is 6.13. The van der Waals surface area contributed by atoms with Crippen LogP contribution >= 0.6 is 0 Å². The van der Waals surface area contributed by atoms with Gasteiger partial charge in [0.2, 0.25) is 11.9 Å². The molecule has 0 fully saturated rings. The monoisotopic (exact) mass is 527 g/mol. The molecular weight excluding hydrogens is 495 g/mol. The maximum atomic E-state index is 15.4. The predicted molar refractivity (Wildman–Crippen MR) is 159 cm³/mol. The Hall–Kier alpha value is -4.75. The van der Waals surface area contributed by atoms with E-state index in [4.69, 9.17) is 7.16 Å². The number of hydrogen-bond donors (Lipinski definition) is 0. The molecule has 6 aromatic rings. The topological polar surface area (TPSA) is 40.8 Å². The zero-order chi connectivity index (χ0) is 29.9. The number of halogens is 1. The second-order valence-corrected chi connectivity index (χ2v) is 11.3. The van der Waals surface area contributed by atoms with Gasteiger partial charge in [0.15, 0.2) is 5.82 Å². The highest BCUT2D eigenvalue weighted by atomic mass is 19.1. The van der Waals surface area contributed by atoms with Gasteiger partial charge in [-0.15, -0.1) is 0 Å². The van der Waals surface area contributed by atoms with Gasteiger partial charge in [-0.05, 0) is 46.7 Å². The van der Waals surface area contributed by atoms with Crippen LogP contribution in [0.2, 0.25) is 0 Å². The Bertz CT molecular complexity index is 2070. The fourth-order valence-electron chi connectivity index (χ4n) is 5.35. The standard InChI is InChI=1S/C36H30FN2O/c1-22-11-16-27-29-18-23(20-38)17-28(26-14-12-25(13-15-26)24-9-7-6-8-10-24)34(29)40-35(27)33(22)32-19-30(36(2,3)4)31(37)21-39(32)5/h6-19,21H,1-5H3/q+1/i19D,21D. The van der Waals surface area contributed by atoms with E-state index in [9.17, 15) is 5.26 Å². The average molecular weight is 528 g/mol. The molecule has 0 saturated heterocycles. The van der Waals surface area contributed by atoms with Gasteiger partial charge in [0.25, 0.3) is 0 Å². The molecule has 2 heterocycles. The molecule has 4 aromatic carbocycles. The zero-order valence-electron chi connectivity index (χ0n) is 25.2. The van der Waals surface area contributed by atoms with E-state index in [0.29, 0.717) is 28.0 Å². The van der Waals surface area contributed by atoms with Gasteiger partial charge >= 0.3 is 0 Å². The normalized spacial score (nSPS) is 12.4. The maximum absolute atomic E-state index is 15.4. The highest BCUT2D eigenvalue weighted by Crippen LogP contribution is 2.42. The van der Waals surface area contributed by atoms with Gasteiger partial charge in [0.05, 0.1) is 18.6 Å². The van der Waals surface area contributed by atoms with Gasteiger partial charge in [0, 0.05) is 27.9 Å². The molecule has 40 heavy (non-hydrogen) atoms. The Labute approximate surface area is 236 Å². The van der Waals surface area contributed by atoms with Crippen LogP contribution in [0.3, 0.4) is 0 Å². The van der Waals surface area contributed by atoms with Gasteiger partial charge < -0.3 is 4.42 Å². The Morgan fingerprint density at radius 2 is 1.55 bits per heavy atom. The Balaban J connectivity index is 1.65. The van der Waals surface area contributed by atoms with Crippen LogP contribution in [0.25, 0.3) is 55.4 Å². The van der Waals surface area contributed by atoms with E-state index in [0.717, 1.165) is 38.6 Å². The summed E-state index contributed by atoms with van der Waals surface area (Å²) >= 11 is 0. The zero-order valence-corrected chi connectivity index (χ0v) is 23.2. The molecule has 0 radical (unpaired) electrons. The van der Waals surface area contributed by atoms with Crippen molar-refractivity contribution in [1.82, 2.24) is 0 Å². The summed E-state index contributed by atoms with van der Waals surface area (Å²) in [6.07, 6.45) is -0.288. The summed E-state index contributed by atoms with van der Waals surface area (Å²) in [7, 11) is 1.61. The number of furan rings is 1. The first kappa shape index (κ1) is 23.2. The summed E-state index contributed by atoms with van der Waals surface area (Å²) in [4.78, 5) is 0. The lowest BCUT2D eigenvalue weighted by Gasteiger charge is -2.19. The van der Waals surface area contributed by atoms with Crippen LogP contribution in [0.4, 0.5) is 4.39 Å². The second-order valence-electron chi connectivity index (χ2n) is 11.3. The lowest BCUT2D eigenvalue weighted by molar-refractivity contribution is -0.662. The molecule has 6 rings (SSSR count). The van der Waals surface area contributed by atoms with E-state index in [1.54, 1.807) is 7.05 Å². The molecule has 0 aliphatic rings. The Kier molecular flexibility index (Phi) is 5.48. The maximum Gasteiger partial charge on any atom is 0.216 e. The Morgan fingerprint density at radius 1 is 0.875 bits per heavy atom. The number of rotatable bonds is 3. The second kappa shape index (κ2) is 9.47. The van der Waals surface area contributed by atoms with E-state index >= 15 is 4.39 Å². The number of nitriles is 1. The van der Waals surface area contributed by atoms with E-state index in [2.05, 4.69) is 30.3 Å². The van der Waals surface area contributed by atoms with Crippen molar-refractivity contribution in [2.75, 3.05) is 0 Å². The van der Waals surface area contributed by atoms with Crippen LogP contribution < -0.4 is 4.57 Å². The minimum Gasteiger partial charge on any atom is -0.454 e. The van der Waals surface area contributed by atoms with E-state index in [1.807, 2.05) is 82.3 Å². The molecule has 3 nitrogen and oxygen atoms in total. The summed E-state index contributed by atoms with van der Waals surface area (Å²) in [5.41, 5.74) is 6.97. The van der Waals surface area contributed by atoms with Crippen LogP contribution in [0.5, 0.6) is 0 Å². The van der Waals surface area contributed by atoms with Crippen molar-refractivity contribution in [2.24, 2.45) is 7.05 Å². The van der Waals surface area contributed by atoms with E-state index < -0.39 is 11.2 Å². The minimum absolute atomic E-state index is 0.0315. The van der Waals surface area contributed by atoms with Crippen molar-refractivity contribution in [2.45, 2.75) is 33.1 Å². The third-order valence-electron chi connectivity index (χ3n) is 7.43. The number of hydrogen-bond acceptors (Lipinski definition) is 2. The summed E-state index contributed by atoms with van der Waals surface area (Å²) in [5.74, 6) is -0.687. The van der Waals surface area contributed by atoms with Crippen LogP contribution in [-0.4, -0.2) is 0 Å². The molecule has 0 amide bonds. The molecular formula is C36H30FN2O+. The van der Waals surface area contributed by atoms with Crippen LogP contribution in [0, 0.1) is 24.1 Å². The Morgan fingerprint density at radius 3 is 2.23 bits per heavy atom. The van der Waals surface area contributed by atoms with Crippen LogP contribution in [-0.2, 0) is 12.5 Å². The largest absolute Gasteiger partial charge is 0.454 e. The first-order valence-corrected chi connectivity index (χ1v) is 13.3. The highest BCUT2D eigenvalue weighted by Gasteiger charge is 2.28. The molecule has 0 N–H and O–H groups in total. The van der Waals surface area contributed by atoms with Gasteiger partial charge in [-0.2, -0.15) is 9.83 Å². The summed E-state index contributed by atoms with van der Waals surface area (Å²) in [6.45, 7) is 7.47. The fourth-order valence-corrected chi connectivity index (χ4v) is 5.35. The van der Waals surface area contributed by atoms with Gasteiger partial charge in [0.1, 0.15) is 19.6 Å². The first-order valence-electron chi connectivity index (χ1n) is 14.3. The summed E-state index contributed by atoms with van der Waals surface area (Å²) in [5, 5.41) is 11.5. The number of fused-ring (bicyclic) bond motifs is 3. The van der Waals surface area contributed by atoms with Crippen molar-refractivity contribution in [3.8, 4) is 39.6 Å². The molecule has 0 atom stereocenters. The lowest BCUT2D eigenvalue weighted by atomic mass is 9.86. The van der Waals surface area contributed by atoms with Crippen molar-refractivity contribution in [3.63, 3.8) is 0 Å². The first-order chi connectivity index (χ1) is 20.0. The third-order valence-corrected chi connectivity index (χ3v) is 7.43. The van der Waals surface area contributed by atoms with Crippen LogP contribution in [0.1, 0.15) is 40.2 Å². The smallest absolute Gasteiger partial charge is 0.216 e. The molecule has 0 spiro atoms. The number of aromatic nitrogens is 1. The van der Waals surface area contributed by atoms with Crippen molar-refractivity contribution < 1.29 is 16.1 Å². The van der Waals surface area contributed by atoms with Crippen molar-refractivity contribution >= 4 is 21.9 Å². The van der Waals surface area contributed by atoms with E-state index in [1.165, 1.54) is 4.57 Å². The van der Waals surface area contributed by atoms with Crippen molar-refractivity contribution in [1.29, 1.82) is 5.26 Å². The molecule has 0 aliphatic heterocycles. The fraction of sp³-hybridized carbons (Fsp3) is 0.167. The predicted octanol–water partition coefficient (Wildman–Crippen LogP) is 9.03. The van der Waals surface area contributed by atoms with Gasteiger partial charge in [-0.1, -0.05) is 87.5 Å². The quantitative estimate of drug-likeness (QED) is 0.215. The third kappa shape index (κ3) is 4.25. The van der Waals surface area contributed by atoms with Gasteiger partial charge in [-0.25, -0.2) is 4.39 Å². The summed E-state index contributed by atoms with van der Waals surface area (Å²) in [6, 6.07) is 28.2. The van der Waals surface area contributed by atoms with Crippen molar-refractivity contribution in [3.05, 3.63) is 114 Å². The molecule has 196 valence electrons. The van der Waals surface area contributed by atoms with Crippen LogP contribution in [0.15, 0.2) is 95.5 Å². The summed E-state index contributed by atoms with van der Waals surface area (Å²) < 4.78 is 41.1. The number of benzene rings is 4. The van der Waals surface area contributed by atoms with Gasteiger partial charge in [-0.3, -0.25) is 0 Å². The molecule has 0 unspecified atom stereocenters. The number of nitrogens with zero attached hydrogens (tertiary/aromatic N) is 2. The molecule has 0 bridgehead atoms.